The Labute approximate surface area is 97.5 Å². The summed E-state index contributed by atoms with van der Waals surface area (Å²) in [6.07, 6.45) is 9.68. The lowest BCUT2D eigenvalue weighted by molar-refractivity contribution is 0.415. The molecule has 1 N–H and O–H groups in total. The van der Waals surface area contributed by atoms with E-state index in [1.807, 2.05) is 12.4 Å². The van der Waals surface area contributed by atoms with Crippen molar-refractivity contribution in [3.63, 3.8) is 0 Å². The summed E-state index contributed by atoms with van der Waals surface area (Å²) in [6, 6.07) is 3.03. The summed E-state index contributed by atoms with van der Waals surface area (Å²) in [5, 5.41) is 3.75. The summed E-state index contributed by atoms with van der Waals surface area (Å²) in [5.41, 5.74) is 2.58. The van der Waals surface area contributed by atoms with Crippen LogP contribution in [0.4, 0.5) is 0 Å². The van der Waals surface area contributed by atoms with Gasteiger partial charge in [-0.25, -0.2) is 0 Å². The van der Waals surface area contributed by atoms with Crippen molar-refractivity contribution >= 4 is 0 Å². The number of nitrogens with zero attached hydrogens (tertiary/aromatic N) is 1. The van der Waals surface area contributed by atoms with E-state index in [1.54, 1.807) is 0 Å². The molecule has 0 radical (unpaired) electrons. The summed E-state index contributed by atoms with van der Waals surface area (Å²) in [4.78, 5) is 4.24. The number of rotatable bonds is 5. The van der Waals surface area contributed by atoms with Crippen LogP contribution >= 0.6 is 0 Å². The number of aromatic nitrogens is 1. The van der Waals surface area contributed by atoms with E-state index in [0.717, 1.165) is 24.4 Å². The highest BCUT2D eigenvalue weighted by Gasteiger charge is 2.40. The van der Waals surface area contributed by atoms with Crippen LogP contribution in [0.3, 0.4) is 0 Å². The highest BCUT2D eigenvalue weighted by atomic mass is 14.9. The first kappa shape index (κ1) is 10.3. The van der Waals surface area contributed by atoms with Crippen LogP contribution < -0.4 is 5.32 Å². The maximum absolute atomic E-state index is 4.24. The molecule has 1 aromatic rings. The Balaban J connectivity index is 1.58. The summed E-state index contributed by atoms with van der Waals surface area (Å²) in [6.45, 7) is 3.10. The van der Waals surface area contributed by atoms with E-state index in [9.17, 15) is 0 Å². The van der Waals surface area contributed by atoms with Gasteiger partial charge in [0.1, 0.15) is 0 Å². The molecule has 0 aliphatic heterocycles. The van der Waals surface area contributed by atoms with Gasteiger partial charge in [-0.1, -0.05) is 6.07 Å². The third-order valence-electron chi connectivity index (χ3n) is 3.73. The smallest absolute Gasteiger partial charge is 0.0313 e. The quantitative estimate of drug-likeness (QED) is 0.818. The minimum Gasteiger partial charge on any atom is -0.309 e. The van der Waals surface area contributed by atoms with Crippen LogP contribution in [0.15, 0.2) is 18.5 Å². The number of hydrogen-bond acceptors (Lipinski definition) is 2. The van der Waals surface area contributed by atoms with Gasteiger partial charge in [0, 0.05) is 25.0 Å². The first-order valence-corrected chi connectivity index (χ1v) is 6.47. The van der Waals surface area contributed by atoms with E-state index in [0.29, 0.717) is 0 Å². The molecule has 2 saturated carbocycles. The Morgan fingerprint density at radius 2 is 1.94 bits per heavy atom. The first-order valence-electron chi connectivity index (χ1n) is 6.47. The van der Waals surface area contributed by atoms with Gasteiger partial charge in [0.15, 0.2) is 0 Å². The van der Waals surface area contributed by atoms with Crippen molar-refractivity contribution in [2.75, 3.05) is 0 Å². The Morgan fingerprint density at radius 1 is 1.25 bits per heavy atom. The lowest BCUT2D eigenvalue weighted by Gasteiger charge is -2.17. The van der Waals surface area contributed by atoms with Crippen LogP contribution in [0.2, 0.25) is 0 Å². The topological polar surface area (TPSA) is 24.9 Å². The van der Waals surface area contributed by atoms with Crippen molar-refractivity contribution in [3.05, 3.63) is 29.6 Å². The number of hydrogen-bond donors (Lipinski definition) is 1. The molecule has 2 fully saturated rings. The third-order valence-corrected chi connectivity index (χ3v) is 3.73. The lowest BCUT2D eigenvalue weighted by atomic mass is 10.1. The lowest BCUT2D eigenvalue weighted by Crippen LogP contribution is -2.32. The normalized spacial score (nSPS) is 20.4. The maximum Gasteiger partial charge on any atom is 0.0313 e. The third kappa shape index (κ3) is 2.43. The van der Waals surface area contributed by atoms with Crippen molar-refractivity contribution in [2.45, 2.75) is 45.2 Å². The van der Waals surface area contributed by atoms with Crippen molar-refractivity contribution in [1.82, 2.24) is 10.3 Å². The second-order valence-electron chi connectivity index (χ2n) is 5.45. The zero-order valence-corrected chi connectivity index (χ0v) is 9.95. The summed E-state index contributed by atoms with van der Waals surface area (Å²) >= 11 is 0. The molecule has 0 atom stereocenters. The molecule has 0 bridgehead atoms. The molecule has 0 unspecified atom stereocenters. The van der Waals surface area contributed by atoms with Gasteiger partial charge in [-0.3, -0.25) is 4.98 Å². The summed E-state index contributed by atoms with van der Waals surface area (Å²) in [7, 11) is 0. The van der Waals surface area contributed by atoms with Gasteiger partial charge in [0.05, 0.1) is 0 Å². The Bertz CT molecular complexity index is 355. The van der Waals surface area contributed by atoms with Gasteiger partial charge in [-0.15, -0.1) is 0 Å². The van der Waals surface area contributed by atoms with Gasteiger partial charge >= 0.3 is 0 Å². The van der Waals surface area contributed by atoms with E-state index in [4.69, 9.17) is 0 Å². The largest absolute Gasteiger partial charge is 0.309 e. The predicted molar refractivity (Wildman–Crippen MR) is 65.0 cm³/mol. The fraction of sp³-hybridized carbons (Fsp3) is 0.643. The van der Waals surface area contributed by atoms with Crippen molar-refractivity contribution < 1.29 is 0 Å². The molecule has 2 heteroatoms. The molecule has 2 aliphatic carbocycles. The monoisotopic (exact) mass is 216 g/mol. The summed E-state index contributed by atoms with van der Waals surface area (Å²) in [5.74, 6) is 1.95. The van der Waals surface area contributed by atoms with Crippen LogP contribution in [0.25, 0.3) is 0 Å². The molecular weight excluding hydrogens is 196 g/mol. The Morgan fingerprint density at radius 3 is 2.50 bits per heavy atom. The molecule has 0 aromatic carbocycles. The van der Waals surface area contributed by atoms with Crippen LogP contribution in [0.5, 0.6) is 0 Å². The standard InChI is InChI=1S/C14H20N2/c1-10-6-11(8-15-7-10)9-16-14(12-2-3-12)13-4-5-13/h6-8,12-14,16H,2-5,9H2,1H3. The minimum absolute atomic E-state index is 0.792. The van der Waals surface area contributed by atoms with Crippen LogP contribution in [-0.4, -0.2) is 11.0 Å². The molecule has 0 spiro atoms. The molecule has 2 nitrogen and oxygen atoms in total. The molecule has 1 aromatic heterocycles. The van der Waals surface area contributed by atoms with E-state index in [1.165, 1.54) is 36.8 Å². The SMILES string of the molecule is Cc1cncc(CNC(C2CC2)C2CC2)c1. The van der Waals surface area contributed by atoms with Gasteiger partial charge in [-0.2, -0.15) is 0 Å². The van der Waals surface area contributed by atoms with E-state index < -0.39 is 0 Å². The van der Waals surface area contributed by atoms with Crippen LogP contribution in [0.1, 0.15) is 36.8 Å². The zero-order valence-electron chi connectivity index (χ0n) is 9.95. The van der Waals surface area contributed by atoms with Gasteiger partial charge in [-0.05, 0) is 55.6 Å². The van der Waals surface area contributed by atoms with Gasteiger partial charge in [0.25, 0.3) is 0 Å². The van der Waals surface area contributed by atoms with Crippen molar-refractivity contribution in [1.29, 1.82) is 0 Å². The molecule has 2 aliphatic rings. The molecule has 86 valence electrons. The Hall–Kier alpha value is -0.890. The van der Waals surface area contributed by atoms with Gasteiger partial charge < -0.3 is 5.32 Å². The minimum atomic E-state index is 0.792. The zero-order chi connectivity index (χ0) is 11.0. The second-order valence-corrected chi connectivity index (χ2v) is 5.45. The predicted octanol–water partition coefficient (Wildman–Crippen LogP) is 2.67. The molecule has 0 amide bonds. The highest BCUT2D eigenvalue weighted by Crippen LogP contribution is 2.44. The van der Waals surface area contributed by atoms with Crippen LogP contribution in [0, 0.1) is 18.8 Å². The number of aryl methyl sites for hydroxylation is 1. The average molecular weight is 216 g/mol. The maximum atomic E-state index is 4.24. The molecule has 3 rings (SSSR count). The molecule has 1 heterocycles. The number of nitrogens with one attached hydrogen (secondary N) is 1. The van der Waals surface area contributed by atoms with Crippen molar-refractivity contribution in [2.24, 2.45) is 11.8 Å². The molecule has 16 heavy (non-hydrogen) atoms. The van der Waals surface area contributed by atoms with E-state index >= 15 is 0 Å². The first-order chi connectivity index (χ1) is 7.83. The van der Waals surface area contributed by atoms with Gasteiger partial charge in [0.2, 0.25) is 0 Å². The van der Waals surface area contributed by atoms with Crippen LogP contribution in [-0.2, 0) is 6.54 Å². The highest BCUT2D eigenvalue weighted by molar-refractivity contribution is 5.16. The number of pyridine rings is 1. The summed E-state index contributed by atoms with van der Waals surface area (Å²) < 4.78 is 0. The fourth-order valence-corrected chi connectivity index (χ4v) is 2.58. The Kier molecular flexibility index (Phi) is 2.68. The molecular formula is C14H20N2. The molecule has 0 saturated heterocycles. The second kappa shape index (κ2) is 4.17. The average Bonchev–Trinajstić information content (AvgIpc) is 3.13. The van der Waals surface area contributed by atoms with E-state index in [-0.39, 0.29) is 0 Å². The van der Waals surface area contributed by atoms with Crippen molar-refractivity contribution in [3.8, 4) is 0 Å². The van der Waals surface area contributed by atoms with E-state index in [2.05, 4.69) is 23.3 Å². The fourth-order valence-electron chi connectivity index (χ4n) is 2.58.